The van der Waals surface area contributed by atoms with Crippen molar-refractivity contribution in [1.29, 1.82) is 0 Å². The maximum absolute atomic E-state index is 11.0. The van der Waals surface area contributed by atoms with Crippen molar-refractivity contribution in [2.45, 2.75) is 19.3 Å². The topological polar surface area (TPSA) is 62.7 Å². The zero-order chi connectivity index (χ0) is 15.4. The predicted octanol–water partition coefficient (Wildman–Crippen LogP) is 3.22. The SMILES string of the molecule is Cl.O=C(O)c1ccc2nc(OCCN3CCCCC3)ccc2c1. The number of carboxylic acids is 1. The van der Waals surface area contributed by atoms with Crippen LogP contribution in [0.15, 0.2) is 30.3 Å². The fraction of sp³-hybridized carbons (Fsp3) is 0.412. The van der Waals surface area contributed by atoms with Crippen LogP contribution in [-0.2, 0) is 0 Å². The van der Waals surface area contributed by atoms with Crippen molar-refractivity contribution in [3.63, 3.8) is 0 Å². The zero-order valence-corrected chi connectivity index (χ0v) is 13.7. The molecule has 0 atom stereocenters. The van der Waals surface area contributed by atoms with Gasteiger partial charge in [0.05, 0.1) is 11.1 Å². The van der Waals surface area contributed by atoms with Gasteiger partial charge in [-0.1, -0.05) is 6.42 Å². The van der Waals surface area contributed by atoms with Crippen LogP contribution in [0.1, 0.15) is 29.6 Å². The minimum atomic E-state index is -0.927. The third kappa shape index (κ3) is 4.56. The summed E-state index contributed by atoms with van der Waals surface area (Å²) in [5, 5.41) is 9.80. The van der Waals surface area contributed by atoms with Gasteiger partial charge in [0.25, 0.3) is 0 Å². The van der Waals surface area contributed by atoms with E-state index in [2.05, 4.69) is 9.88 Å². The van der Waals surface area contributed by atoms with E-state index in [0.29, 0.717) is 12.5 Å². The Bertz CT molecular complexity index is 672. The van der Waals surface area contributed by atoms with Crippen molar-refractivity contribution >= 4 is 29.3 Å². The maximum atomic E-state index is 11.0. The van der Waals surface area contributed by atoms with Crippen LogP contribution in [0.2, 0.25) is 0 Å². The van der Waals surface area contributed by atoms with Gasteiger partial charge in [-0.2, -0.15) is 0 Å². The average Bonchev–Trinajstić information content (AvgIpc) is 2.55. The van der Waals surface area contributed by atoms with Gasteiger partial charge in [-0.15, -0.1) is 12.4 Å². The first kappa shape index (κ1) is 17.5. The molecule has 0 bridgehead atoms. The van der Waals surface area contributed by atoms with Gasteiger partial charge < -0.3 is 9.84 Å². The van der Waals surface area contributed by atoms with Gasteiger partial charge in [0, 0.05) is 18.0 Å². The zero-order valence-electron chi connectivity index (χ0n) is 12.9. The van der Waals surface area contributed by atoms with E-state index in [1.165, 1.54) is 19.3 Å². The first-order valence-electron chi connectivity index (χ1n) is 7.72. The lowest BCUT2D eigenvalue weighted by Gasteiger charge is -2.26. The number of carbonyl (C=O) groups is 1. The van der Waals surface area contributed by atoms with Crippen molar-refractivity contribution in [2.24, 2.45) is 0 Å². The van der Waals surface area contributed by atoms with Crippen LogP contribution in [0.4, 0.5) is 0 Å². The molecular weight excluding hydrogens is 316 g/mol. The highest BCUT2D eigenvalue weighted by molar-refractivity contribution is 5.93. The van der Waals surface area contributed by atoms with E-state index in [1.807, 2.05) is 6.07 Å². The van der Waals surface area contributed by atoms with Gasteiger partial charge in [-0.25, -0.2) is 9.78 Å². The number of aromatic carboxylic acids is 1. The number of fused-ring (bicyclic) bond motifs is 1. The van der Waals surface area contributed by atoms with Crippen LogP contribution >= 0.6 is 12.4 Å². The summed E-state index contributed by atoms with van der Waals surface area (Å²) in [7, 11) is 0. The molecule has 124 valence electrons. The van der Waals surface area contributed by atoms with E-state index in [1.54, 1.807) is 24.3 Å². The molecule has 23 heavy (non-hydrogen) atoms. The standard InChI is InChI=1S/C17H20N2O3.ClH/c20-17(21)14-4-6-15-13(12-14)5-7-16(18-15)22-11-10-19-8-2-1-3-9-19;/h4-7,12H,1-3,8-11H2,(H,20,21);1H. The minimum absolute atomic E-state index is 0. The second-order valence-corrected chi connectivity index (χ2v) is 5.61. The monoisotopic (exact) mass is 336 g/mol. The quantitative estimate of drug-likeness (QED) is 0.908. The van der Waals surface area contributed by atoms with E-state index >= 15 is 0 Å². The van der Waals surface area contributed by atoms with Crippen molar-refractivity contribution in [1.82, 2.24) is 9.88 Å². The van der Waals surface area contributed by atoms with Gasteiger partial charge in [-0.3, -0.25) is 4.90 Å². The molecule has 0 unspecified atom stereocenters. The summed E-state index contributed by atoms with van der Waals surface area (Å²) in [6, 6.07) is 8.56. The Kier molecular flexibility index (Phi) is 6.19. The molecular formula is C17H21ClN2O3. The Morgan fingerprint density at radius 3 is 2.70 bits per heavy atom. The Morgan fingerprint density at radius 2 is 1.96 bits per heavy atom. The van der Waals surface area contributed by atoms with Gasteiger partial charge in [0.15, 0.2) is 0 Å². The average molecular weight is 337 g/mol. The molecule has 0 radical (unpaired) electrons. The molecule has 2 heterocycles. The molecule has 1 N–H and O–H groups in total. The number of halogens is 1. The summed E-state index contributed by atoms with van der Waals surface area (Å²) in [6.45, 7) is 3.88. The minimum Gasteiger partial charge on any atom is -0.478 e. The van der Waals surface area contributed by atoms with Gasteiger partial charge in [0.2, 0.25) is 5.88 Å². The summed E-state index contributed by atoms with van der Waals surface area (Å²) in [5.74, 6) is -0.337. The largest absolute Gasteiger partial charge is 0.478 e. The highest BCUT2D eigenvalue weighted by atomic mass is 35.5. The van der Waals surface area contributed by atoms with Crippen LogP contribution in [0.5, 0.6) is 5.88 Å². The Hall–Kier alpha value is -1.85. The number of aromatic nitrogens is 1. The molecule has 0 spiro atoms. The molecule has 2 aromatic rings. The predicted molar refractivity (Wildman–Crippen MR) is 91.7 cm³/mol. The van der Waals surface area contributed by atoms with E-state index < -0.39 is 5.97 Å². The van der Waals surface area contributed by atoms with Crippen LogP contribution in [0.25, 0.3) is 10.9 Å². The van der Waals surface area contributed by atoms with E-state index in [0.717, 1.165) is 30.5 Å². The number of likely N-dealkylation sites (tertiary alicyclic amines) is 1. The summed E-state index contributed by atoms with van der Waals surface area (Å²) < 4.78 is 5.73. The summed E-state index contributed by atoms with van der Waals surface area (Å²) >= 11 is 0. The van der Waals surface area contributed by atoms with Crippen LogP contribution in [-0.4, -0.2) is 47.2 Å². The lowest BCUT2D eigenvalue weighted by Crippen LogP contribution is -2.33. The molecule has 1 fully saturated rings. The third-order valence-corrected chi connectivity index (χ3v) is 4.02. The van der Waals surface area contributed by atoms with Crippen LogP contribution in [0.3, 0.4) is 0 Å². The van der Waals surface area contributed by atoms with Crippen LogP contribution in [0, 0.1) is 0 Å². The number of hydrogen-bond acceptors (Lipinski definition) is 4. The molecule has 3 rings (SSSR count). The van der Waals surface area contributed by atoms with Gasteiger partial charge in [-0.05, 0) is 50.2 Å². The van der Waals surface area contributed by atoms with Crippen molar-refractivity contribution in [3.8, 4) is 5.88 Å². The Labute approximate surface area is 141 Å². The number of nitrogens with zero attached hydrogens (tertiary/aromatic N) is 2. The van der Waals surface area contributed by atoms with E-state index in [9.17, 15) is 4.79 Å². The Morgan fingerprint density at radius 1 is 1.17 bits per heavy atom. The molecule has 1 saturated heterocycles. The maximum Gasteiger partial charge on any atom is 0.335 e. The lowest BCUT2D eigenvalue weighted by molar-refractivity contribution is 0.0697. The van der Waals surface area contributed by atoms with Crippen molar-refractivity contribution in [3.05, 3.63) is 35.9 Å². The summed E-state index contributed by atoms with van der Waals surface area (Å²) in [5.41, 5.74) is 1.02. The number of pyridine rings is 1. The molecule has 1 aromatic carbocycles. The fourth-order valence-corrected chi connectivity index (χ4v) is 2.78. The first-order chi connectivity index (χ1) is 10.7. The fourth-order valence-electron chi connectivity index (χ4n) is 2.78. The molecule has 1 aliphatic heterocycles. The number of piperidine rings is 1. The number of benzene rings is 1. The molecule has 1 aromatic heterocycles. The molecule has 0 amide bonds. The highest BCUT2D eigenvalue weighted by Crippen LogP contribution is 2.18. The number of carboxylic acid groups (broad SMARTS) is 1. The number of rotatable bonds is 5. The smallest absolute Gasteiger partial charge is 0.335 e. The molecule has 0 saturated carbocycles. The lowest BCUT2D eigenvalue weighted by atomic mass is 10.1. The summed E-state index contributed by atoms with van der Waals surface area (Å²) in [6.07, 6.45) is 3.89. The van der Waals surface area contributed by atoms with E-state index in [-0.39, 0.29) is 18.0 Å². The molecule has 5 nitrogen and oxygen atoms in total. The van der Waals surface area contributed by atoms with Crippen molar-refractivity contribution < 1.29 is 14.6 Å². The van der Waals surface area contributed by atoms with Crippen molar-refractivity contribution in [2.75, 3.05) is 26.2 Å². The molecule has 1 aliphatic rings. The van der Waals surface area contributed by atoms with Crippen LogP contribution < -0.4 is 4.74 Å². The number of ether oxygens (including phenoxy) is 1. The second-order valence-electron chi connectivity index (χ2n) is 5.61. The molecule has 6 heteroatoms. The number of hydrogen-bond donors (Lipinski definition) is 1. The summed E-state index contributed by atoms with van der Waals surface area (Å²) in [4.78, 5) is 17.8. The van der Waals surface area contributed by atoms with Gasteiger partial charge >= 0.3 is 5.97 Å². The highest BCUT2D eigenvalue weighted by Gasteiger charge is 2.10. The van der Waals surface area contributed by atoms with E-state index in [4.69, 9.17) is 9.84 Å². The van der Waals surface area contributed by atoms with Gasteiger partial charge in [0.1, 0.15) is 6.61 Å². The molecule has 0 aliphatic carbocycles. The first-order valence-corrected chi connectivity index (χ1v) is 7.72. The Balaban J connectivity index is 0.00000192. The second kappa shape index (κ2) is 8.13. The normalized spacial score (nSPS) is 15.1. The third-order valence-electron chi connectivity index (χ3n) is 4.02.